The number of hydrogen-bond donors (Lipinski definition) is 1. The van der Waals surface area contributed by atoms with Gasteiger partial charge in [0.2, 0.25) is 10.0 Å². The van der Waals surface area contributed by atoms with E-state index in [0.717, 1.165) is 16.8 Å². The van der Waals surface area contributed by atoms with Crippen LogP contribution in [0.5, 0.6) is 0 Å². The fraction of sp³-hybridized carbons (Fsp3) is 0.188. The molecule has 2 aromatic heterocycles. The monoisotopic (exact) mass is 347 g/mol. The standard InChI is InChI=1S/C16H17N3O2S2/c1-19-15(9-10-17-19)14-6-4-13(5-7-14)8-11-18-23(20,21)16-3-2-12-22-16/h2-7,9-10,12,18H,8,11H2,1H3. The number of benzene rings is 1. The molecule has 0 saturated carbocycles. The van der Waals surface area contributed by atoms with Gasteiger partial charge in [0.25, 0.3) is 0 Å². The number of thiophene rings is 1. The zero-order valence-corrected chi connectivity index (χ0v) is 14.3. The molecule has 0 saturated heterocycles. The first-order valence-electron chi connectivity index (χ1n) is 7.17. The third-order valence-electron chi connectivity index (χ3n) is 3.54. The van der Waals surface area contributed by atoms with E-state index in [1.165, 1.54) is 11.3 Å². The summed E-state index contributed by atoms with van der Waals surface area (Å²) in [6.07, 6.45) is 2.42. The molecule has 2 heterocycles. The Balaban J connectivity index is 1.60. The van der Waals surface area contributed by atoms with E-state index < -0.39 is 10.0 Å². The quantitative estimate of drug-likeness (QED) is 0.746. The highest BCUT2D eigenvalue weighted by atomic mass is 32.2. The maximum absolute atomic E-state index is 12.0. The van der Waals surface area contributed by atoms with E-state index in [4.69, 9.17) is 0 Å². The maximum Gasteiger partial charge on any atom is 0.250 e. The van der Waals surface area contributed by atoms with Crippen LogP contribution < -0.4 is 4.72 Å². The van der Waals surface area contributed by atoms with Gasteiger partial charge in [0.15, 0.2) is 0 Å². The van der Waals surface area contributed by atoms with E-state index >= 15 is 0 Å². The number of nitrogens with one attached hydrogen (secondary N) is 1. The van der Waals surface area contributed by atoms with Crippen LogP contribution in [0.1, 0.15) is 5.56 Å². The van der Waals surface area contributed by atoms with Crippen molar-refractivity contribution in [1.82, 2.24) is 14.5 Å². The summed E-state index contributed by atoms with van der Waals surface area (Å²) < 4.78 is 28.8. The lowest BCUT2D eigenvalue weighted by molar-refractivity contribution is 0.584. The molecular weight excluding hydrogens is 330 g/mol. The van der Waals surface area contributed by atoms with Crippen LogP contribution in [-0.4, -0.2) is 24.7 Å². The van der Waals surface area contributed by atoms with Gasteiger partial charge in [-0.2, -0.15) is 5.10 Å². The van der Waals surface area contributed by atoms with Crippen LogP contribution in [-0.2, 0) is 23.5 Å². The molecule has 0 radical (unpaired) electrons. The Bertz CT molecular complexity index is 866. The minimum absolute atomic E-state index is 0.351. The van der Waals surface area contributed by atoms with E-state index in [1.54, 1.807) is 23.7 Å². The summed E-state index contributed by atoms with van der Waals surface area (Å²) in [6.45, 7) is 0.380. The van der Waals surface area contributed by atoms with Crippen LogP contribution in [0.15, 0.2) is 58.3 Å². The Morgan fingerprint density at radius 3 is 2.57 bits per heavy atom. The maximum atomic E-state index is 12.0. The first kappa shape index (κ1) is 15.9. The topological polar surface area (TPSA) is 64.0 Å². The van der Waals surface area contributed by atoms with Gasteiger partial charge in [-0.15, -0.1) is 11.3 Å². The Hall–Kier alpha value is -1.96. The third-order valence-corrected chi connectivity index (χ3v) is 6.39. The van der Waals surface area contributed by atoms with Gasteiger partial charge < -0.3 is 0 Å². The second-order valence-electron chi connectivity index (χ2n) is 5.12. The Labute approximate surface area is 139 Å². The fourth-order valence-corrected chi connectivity index (χ4v) is 4.39. The van der Waals surface area contributed by atoms with Crippen LogP contribution in [0.4, 0.5) is 0 Å². The van der Waals surface area contributed by atoms with Gasteiger partial charge in [-0.25, -0.2) is 13.1 Å². The van der Waals surface area contributed by atoms with Crippen LogP contribution >= 0.6 is 11.3 Å². The molecule has 7 heteroatoms. The molecule has 120 valence electrons. The zero-order chi connectivity index (χ0) is 16.3. The highest BCUT2D eigenvalue weighted by Crippen LogP contribution is 2.19. The second kappa shape index (κ2) is 6.66. The summed E-state index contributed by atoms with van der Waals surface area (Å²) in [5.41, 5.74) is 3.23. The molecule has 0 fully saturated rings. The van der Waals surface area contributed by atoms with Crippen molar-refractivity contribution in [3.8, 4) is 11.3 Å². The summed E-state index contributed by atoms with van der Waals surface area (Å²) in [6, 6.07) is 13.4. The average Bonchev–Trinajstić information content (AvgIpc) is 3.19. The third kappa shape index (κ3) is 3.69. The van der Waals surface area contributed by atoms with Crippen molar-refractivity contribution in [3.63, 3.8) is 0 Å². The lowest BCUT2D eigenvalue weighted by atomic mass is 10.1. The summed E-state index contributed by atoms with van der Waals surface area (Å²) in [4.78, 5) is 0. The van der Waals surface area contributed by atoms with Crippen molar-refractivity contribution in [3.05, 3.63) is 59.6 Å². The molecule has 0 aliphatic heterocycles. The minimum Gasteiger partial charge on any atom is -0.268 e. The summed E-state index contributed by atoms with van der Waals surface area (Å²) in [7, 11) is -1.47. The molecule has 23 heavy (non-hydrogen) atoms. The van der Waals surface area contributed by atoms with Gasteiger partial charge in [-0.3, -0.25) is 4.68 Å². The normalized spacial score (nSPS) is 11.7. The predicted octanol–water partition coefficient (Wildman–Crippen LogP) is 2.67. The van der Waals surface area contributed by atoms with Crippen LogP contribution in [0.3, 0.4) is 0 Å². The molecule has 5 nitrogen and oxygen atoms in total. The van der Waals surface area contributed by atoms with Gasteiger partial charge in [0.1, 0.15) is 4.21 Å². The first-order chi connectivity index (χ1) is 11.1. The number of aromatic nitrogens is 2. The molecule has 0 spiro atoms. The van der Waals surface area contributed by atoms with Crippen molar-refractivity contribution >= 4 is 21.4 Å². The van der Waals surface area contributed by atoms with Gasteiger partial charge in [-0.1, -0.05) is 30.3 Å². The fourth-order valence-electron chi connectivity index (χ4n) is 2.32. The highest BCUT2D eigenvalue weighted by Gasteiger charge is 2.13. The highest BCUT2D eigenvalue weighted by molar-refractivity contribution is 7.91. The molecule has 0 aliphatic carbocycles. The van der Waals surface area contributed by atoms with E-state index in [9.17, 15) is 8.42 Å². The number of nitrogens with zero attached hydrogens (tertiary/aromatic N) is 2. The summed E-state index contributed by atoms with van der Waals surface area (Å²) in [5.74, 6) is 0. The van der Waals surface area contributed by atoms with Crippen molar-refractivity contribution in [2.45, 2.75) is 10.6 Å². The minimum atomic E-state index is -3.38. The van der Waals surface area contributed by atoms with Crippen LogP contribution in [0.2, 0.25) is 0 Å². The first-order valence-corrected chi connectivity index (χ1v) is 9.53. The molecule has 3 rings (SSSR count). The molecule has 1 aromatic carbocycles. The van der Waals surface area contributed by atoms with Crippen molar-refractivity contribution in [1.29, 1.82) is 0 Å². The van der Waals surface area contributed by atoms with E-state index in [-0.39, 0.29) is 0 Å². The number of rotatable bonds is 6. The van der Waals surface area contributed by atoms with Gasteiger partial charge in [0.05, 0.1) is 5.69 Å². The van der Waals surface area contributed by atoms with E-state index in [0.29, 0.717) is 17.2 Å². The van der Waals surface area contributed by atoms with Crippen LogP contribution in [0, 0.1) is 0 Å². The molecule has 0 aliphatic rings. The number of aryl methyl sites for hydroxylation is 1. The van der Waals surface area contributed by atoms with Gasteiger partial charge in [-0.05, 0) is 35.1 Å². The van der Waals surface area contributed by atoms with Crippen molar-refractivity contribution < 1.29 is 8.42 Å². The molecule has 0 atom stereocenters. The zero-order valence-electron chi connectivity index (χ0n) is 12.6. The number of hydrogen-bond acceptors (Lipinski definition) is 4. The molecule has 0 unspecified atom stereocenters. The summed E-state index contributed by atoms with van der Waals surface area (Å²) in [5, 5.41) is 5.91. The average molecular weight is 347 g/mol. The molecular formula is C16H17N3O2S2. The van der Waals surface area contributed by atoms with Crippen molar-refractivity contribution in [2.24, 2.45) is 7.05 Å². The SMILES string of the molecule is Cn1nccc1-c1ccc(CCNS(=O)(=O)c2cccs2)cc1. The Kier molecular flexibility index (Phi) is 4.61. The summed E-state index contributed by atoms with van der Waals surface area (Å²) >= 11 is 1.22. The smallest absolute Gasteiger partial charge is 0.250 e. The molecule has 1 N–H and O–H groups in total. The molecule has 0 amide bonds. The second-order valence-corrected chi connectivity index (χ2v) is 8.06. The Morgan fingerprint density at radius 2 is 1.96 bits per heavy atom. The predicted molar refractivity (Wildman–Crippen MR) is 91.9 cm³/mol. The van der Waals surface area contributed by atoms with Crippen molar-refractivity contribution in [2.75, 3.05) is 6.54 Å². The van der Waals surface area contributed by atoms with Gasteiger partial charge in [0, 0.05) is 19.8 Å². The molecule has 0 bridgehead atoms. The largest absolute Gasteiger partial charge is 0.268 e. The number of sulfonamides is 1. The van der Waals surface area contributed by atoms with E-state index in [1.807, 2.05) is 42.1 Å². The molecule has 3 aromatic rings. The Morgan fingerprint density at radius 1 is 1.17 bits per heavy atom. The lowest BCUT2D eigenvalue weighted by Crippen LogP contribution is -2.25. The van der Waals surface area contributed by atoms with Crippen LogP contribution in [0.25, 0.3) is 11.3 Å². The lowest BCUT2D eigenvalue weighted by Gasteiger charge is -2.06. The van der Waals surface area contributed by atoms with E-state index in [2.05, 4.69) is 9.82 Å². The van der Waals surface area contributed by atoms with Gasteiger partial charge >= 0.3 is 0 Å².